The van der Waals surface area contributed by atoms with Crippen molar-refractivity contribution in [2.75, 3.05) is 25.7 Å². The molecule has 5 nitrogen and oxygen atoms in total. The predicted octanol–water partition coefficient (Wildman–Crippen LogP) is 1.19. The molecule has 2 rings (SSSR count). The number of rotatable bonds is 4. The zero-order valence-electron chi connectivity index (χ0n) is 12.6. The van der Waals surface area contributed by atoms with Crippen molar-refractivity contribution in [3.8, 4) is 5.75 Å². The number of carbonyl (C=O) groups is 1. The van der Waals surface area contributed by atoms with Gasteiger partial charge in [0.1, 0.15) is 5.75 Å². The van der Waals surface area contributed by atoms with E-state index in [-0.39, 0.29) is 29.9 Å². The van der Waals surface area contributed by atoms with Gasteiger partial charge in [0, 0.05) is 13.1 Å². The molecule has 0 spiro atoms. The molecular weight excluding hydrogens is 290 g/mol. The maximum Gasteiger partial charge on any atom is 0.227 e. The summed E-state index contributed by atoms with van der Waals surface area (Å²) < 4.78 is 28.2. The first-order valence-electron chi connectivity index (χ1n) is 6.92. The Kier molecular flexibility index (Phi) is 4.56. The predicted molar refractivity (Wildman–Crippen MR) is 81.3 cm³/mol. The van der Waals surface area contributed by atoms with Gasteiger partial charge in [0.25, 0.3) is 0 Å². The first-order valence-corrected chi connectivity index (χ1v) is 8.74. The minimum absolute atomic E-state index is 0.0667. The molecule has 0 bridgehead atoms. The second kappa shape index (κ2) is 6.05. The van der Waals surface area contributed by atoms with Gasteiger partial charge in [-0.1, -0.05) is 12.1 Å². The molecule has 1 saturated heterocycles. The Labute approximate surface area is 125 Å². The van der Waals surface area contributed by atoms with E-state index in [1.807, 2.05) is 25.1 Å². The van der Waals surface area contributed by atoms with E-state index >= 15 is 0 Å². The topological polar surface area (TPSA) is 63.7 Å². The van der Waals surface area contributed by atoms with E-state index in [1.54, 1.807) is 19.1 Å². The highest BCUT2D eigenvalue weighted by atomic mass is 32.2. The first-order chi connectivity index (χ1) is 9.82. The lowest BCUT2D eigenvalue weighted by Crippen LogP contribution is -2.38. The summed E-state index contributed by atoms with van der Waals surface area (Å²) >= 11 is 0. The van der Waals surface area contributed by atoms with E-state index in [4.69, 9.17) is 4.74 Å². The average Bonchev–Trinajstić information content (AvgIpc) is 2.80. The van der Waals surface area contributed by atoms with Crippen LogP contribution in [0.3, 0.4) is 0 Å². The van der Waals surface area contributed by atoms with Gasteiger partial charge >= 0.3 is 0 Å². The minimum Gasteiger partial charge on any atom is -0.496 e. The summed E-state index contributed by atoms with van der Waals surface area (Å²) in [4.78, 5) is 13.9. The van der Waals surface area contributed by atoms with Crippen LogP contribution in [0, 0.1) is 6.92 Å². The zero-order chi connectivity index (χ0) is 15.6. The molecule has 1 unspecified atom stereocenters. The van der Waals surface area contributed by atoms with E-state index in [1.165, 1.54) is 0 Å². The molecule has 1 aromatic carbocycles. The highest BCUT2D eigenvalue weighted by molar-refractivity contribution is 7.91. The number of ether oxygens (including phenoxy) is 1. The number of likely N-dealkylation sites (N-methyl/N-ethyl adjacent to an activating group) is 1. The van der Waals surface area contributed by atoms with Crippen LogP contribution in [-0.4, -0.2) is 50.9 Å². The quantitative estimate of drug-likeness (QED) is 0.838. The lowest BCUT2D eigenvalue weighted by atomic mass is 10.1. The second-order valence-electron chi connectivity index (χ2n) is 5.54. The van der Waals surface area contributed by atoms with Crippen LogP contribution in [0.4, 0.5) is 0 Å². The molecule has 0 saturated carbocycles. The zero-order valence-corrected chi connectivity index (χ0v) is 13.4. The summed E-state index contributed by atoms with van der Waals surface area (Å²) in [5.74, 6) is 0.939. The SMILES string of the molecule is COc1cc(CC(=O)N(C)C2CCS(=O)(=O)C2)ccc1C. The van der Waals surface area contributed by atoms with Crippen LogP contribution in [0.5, 0.6) is 5.75 Å². The van der Waals surface area contributed by atoms with E-state index in [0.717, 1.165) is 16.9 Å². The van der Waals surface area contributed by atoms with E-state index in [9.17, 15) is 13.2 Å². The third-order valence-electron chi connectivity index (χ3n) is 3.98. The Morgan fingerprint density at radius 3 is 2.71 bits per heavy atom. The molecule has 116 valence electrons. The normalized spacial score (nSPS) is 20.2. The van der Waals surface area contributed by atoms with Crippen LogP contribution >= 0.6 is 0 Å². The molecular formula is C15H21NO4S. The summed E-state index contributed by atoms with van der Waals surface area (Å²) in [6.07, 6.45) is 0.783. The molecule has 1 aromatic rings. The number of methoxy groups -OCH3 is 1. The molecule has 1 atom stereocenters. The maximum absolute atomic E-state index is 12.3. The second-order valence-corrected chi connectivity index (χ2v) is 7.77. The van der Waals surface area contributed by atoms with Crippen LogP contribution < -0.4 is 4.74 Å². The Bertz CT molecular complexity index is 639. The Hall–Kier alpha value is -1.56. The molecule has 0 N–H and O–H groups in total. The summed E-state index contributed by atoms with van der Waals surface area (Å²) in [7, 11) is 0.303. The smallest absolute Gasteiger partial charge is 0.227 e. The summed E-state index contributed by atoms with van der Waals surface area (Å²) in [6.45, 7) is 1.94. The number of benzene rings is 1. The van der Waals surface area contributed by atoms with E-state index in [2.05, 4.69) is 0 Å². The molecule has 21 heavy (non-hydrogen) atoms. The van der Waals surface area contributed by atoms with Gasteiger partial charge in [0.05, 0.1) is 25.0 Å². The molecule has 1 aliphatic heterocycles. The van der Waals surface area contributed by atoms with Gasteiger partial charge in [-0.2, -0.15) is 0 Å². The number of carbonyl (C=O) groups excluding carboxylic acids is 1. The van der Waals surface area contributed by atoms with Crippen LogP contribution in [-0.2, 0) is 21.1 Å². The molecule has 0 aliphatic carbocycles. The van der Waals surface area contributed by atoms with Crippen molar-refractivity contribution in [2.45, 2.75) is 25.8 Å². The van der Waals surface area contributed by atoms with Gasteiger partial charge < -0.3 is 9.64 Å². The summed E-state index contributed by atoms with van der Waals surface area (Å²) in [6, 6.07) is 5.47. The van der Waals surface area contributed by atoms with Gasteiger partial charge in [-0.3, -0.25) is 4.79 Å². The van der Waals surface area contributed by atoms with Crippen molar-refractivity contribution in [1.29, 1.82) is 0 Å². The standard InChI is InChI=1S/C15H21NO4S/c1-11-4-5-12(8-14(11)20-3)9-15(17)16(2)13-6-7-21(18,19)10-13/h4-5,8,13H,6-7,9-10H2,1-3H3. The third kappa shape index (κ3) is 3.75. The Morgan fingerprint density at radius 2 is 2.14 bits per heavy atom. The molecule has 0 aromatic heterocycles. The molecule has 1 amide bonds. The van der Waals surface area contributed by atoms with Crippen LogP contribution in [0.1, 0.15) is 17.5 Å². The van der Waals surface area contributed by atoms with Gasteiger partial charge in [-0.25, -0.2) is 8.42 Å². The number of aryl methyl sites for hydroxylation is 1. The fourth-order valence-corrected chi connectivity index (χ4v) is 4.33. The first kappa shape index (κ1) is 15.8. The maximum atomic E-state index is 12.3. The Morgan fingerprint density at radius 1 is 1.43 bits per heavy atom. The average molecular weight is 311 g/mol. The number of nitrogens with zero attached hydrogens (tertiary/aromatic N) is 1. The van der Waals surface area contributed by atoms with Gasteiger partial charge in [0.15, 0.2) is 9.84 Å². The van der Waals surface area contributed by atoms with Crippen LogP contribution in [0.25, 0.3) is 0 Å². The van der Waals surface area contributed by atoms with Crippen molar-refractivity contribution in [3.05, 3.63) is 29.3 Å². The number of hydrogen-bond donors (Lipinski definition) is 0. The fourth-order valence-electron chi connectivity index (χ4n) is 2.56. The summed E-state index contributed by atoms with van der Waals surface area (Å²) in [5, 5.41) is 0. The fraction of sp³-hybridized carbons (Fsp3) is 0.533. The minimum atomic E-state index is -2.98. The van der Waals surface area contributed by atoms with Crippen molar-refractivity contribution >= 4 is 15.7 Å². The van der Waals surface area contributed by atoms with Crippen molar-refractivity contribution in [3.63, 3.8) is 0 Å². The van der Waals surface area contributed by atoms with Crippen molar-refractivity contribution < 1.29 is 17.9 Å². The highest BCUT2D eigenvalue weighted by Crippen LogP contribution is 2.21. The van der Waals surface area contributed by atoms with Crippen molar-refractivity contribution in [2.24, 2.45) is 0 Å². The summed E-state index contributed by atoms with van der Waals surface area (Å²) in [5.41, 5.74) is 1.89. The third-order valence-corrected chi connectivity index (χ3v) is 5.73. The molecule has 0 radical (unpaired) electrons. The molecule has 6 heteroatoms. The van der Waals surface area contributed by atoms with Crippen LogP contribution in [0.2, 0.25) is 0 Å². The van der Waals surface area contributed by atoms with Crippen LogP contribution in [0.15, 0.2) is 18.2 Å². The number of amides is 1. The molecule has 1 aliphatic rings. The van der Waals surface area contributed by atoms with Gasteiger partial charge in [-0.05, 0) is 30.5 Å². The molecule has 1 heterocycles. The number of sulfone groups is 1. The molecule has 1 fully saturated rings. The lowest BCUT2D eigenvalue weighted by Gasteiger charge is -2.23. The van der Waals surface area contributed by atoms with E-state index in [0.29, 0.717) is 6.42 Å². The van der Waals surface area contributed by atoms with Gasteiger partial charge in [0.2, 0.25) is 5.91 Å². The van der Waals surface area contributed by atoms with E-state index < -0.39 is 9.84 Å². The van der Waals surface area contributed by atoms with Crippen molar-refractivity contribution in [1.82, 2.24) is 4.90 Å². The monoisotopic (exact) mass is 311 g/mol. The highest BCUT2D eigenvalue weighted by Gasteiger charge is 2.32. The number of hydrogen-bond acceptors (Lipinski definition) is 4. The van der Waals surface area contributed by atoms with Gasteiger partial charge in [-0.15, -0.1) is 0 Å². The Balaban J connectivity index is 2.04. The largest absolute Gasteiger partial charge is 0.496 e. The lowest BCUT2D eigenvalue weighted by molar-refractivity contribution is -0.130.